The van der Waals surface area contributed by atoms with Crippen molar-refractivity contribution in [3.05, 3.63) is 71.8 Å². The summed E-state index contributed by atoms with van der Waals surface area (Å²) in [6, 6.07) is 19.1. The number of hydrogen-bond acceptors (Lipinski definition) is 3. The van der Waals surface area contributed by atoms with Crippen molar-refractivity contribution in [2.24, 2.45) is 0 Å². The van der Waals surface area contributed by atoms with E-state index in [4.69, 9.17) is 0 Å². The maximum absolute atomic E-state index is 13.1. The van der Waals surface area contributed by atoms with Gasteiger partial charge in [0, 0.05) is 13.1 Å². The Labute approximate surface area is 180 Å². The normalized spacial score (nSPS) is 16.9. The average Bonchev–Trinajstić information content (AvgIpc) is 2.77. The molecule has 2 aromatic rings. The topological polar surface area (TPSA) is 62.1 Å². The second-order valence-electron chi connectivity index (χ2n) is 7.86. The van der Waals surface area contributed by atoms with Crippen LogP contribution in [0.25, 0.3) is 0 Å². The Kier molecular flexibility index (Phi) is 7.64. The quantitative estimate of drug-likeness (QED) is 0.684. The van der Waals surface area contributed by atoms with Crippen LogP contribution in [0.1, 0.15) is 25.0 Å². The van der Waals surface area contributed by atoms with Crippen LogP contribution in [0.3, 0.4) is 0 Å². The van der Waals surface area contributed by atoms with E-state index in [9.17, 15) is 13.2 Å². The molecule has 0 aliphatic carbocycles. The third-order valence-electron chi connectivity index (χ3n) is 5.84. The first-order valence-electron chi connectivity index (χ1n) is 10.6. The lowest BCUT2D eigenvalue weighted by Crippen LogP contribution is -3.19. The molecule has 30 heavy (non-hydrogen) atoms. The Balaban J connectivity index is 1.56. The van der Waals surface area contributed by atoms with Crippen molar-refractivity contribution >= 4 is 15.9 Å². The van der Waals surface area contributed by atoms with Crippen molar-refractivity contribution < 1.29 is 18.1 Å². The second-order valence-corrected chi connectivity index (χ2v) is 9.83. The van der Waals surface area contributed by atoms with Crippen molar-refractivity contribution in [1.29, 1.82) is 0 Å². The lowest BCUT2D eigenvalue weighted by Gasteiger charge is -2.36. The number of piperazine rings is 1. The molecule has 1 atom stereocenters. The molecule has 1 aliphatic rings. The van der Waals surface area contributed by atoms with Gasteiger partial charge in [0.05, 0.1) is 31.9 Å². The van der Waals surface area contributed by atoms with Crippen LogP contribution in [-0.2, 0) is 27.1 Å². The van der Waals surface area contributed by atoms with E-state index in [1.165, 1.54) is 0 Å². The van der Waals surface area contributed by atoms with Crippen LogP contribution in [-0.4, -0.2) is 62.3 Å². The van der Waals surface area contributed by atoms with Gasteiger partial charge in [-0.05, 0) is 25.0 Å². The van der Waals surface area contributed by atoms with Gasteiger partial charge in [-0.3, -0.25) is 4.79 Å². The van der Waals surface area contributed by atoms with Crippen LogP contribution in [0, 0.1) is 0 Å². The highest BCUT2D eigenvalue weighted by atomic mass is 32.2. The Morgan fingerprint density at radius 3 is 2.07 bits per heavy atom. The highest BCUT2D eigenvalue weighted by molar-refractivity contribution is 7.88. The number of quaternary nitrogens is 1. The van der Waals surface area contributed by atoms with Gasteiger partial charge in [0.2, 0.25) is 10.0 Å². The molecule has 1 heterocycles. The van der Waals surface area contributed by atoms with Crippen molar-refractivity contribution in [3.63, 3.8) is 0 Å². The minimum atomic E-state index is -3.34. The highest BCUT2D eigenvalue weighted by Crippen LogP contribution is 2.11. The van der Waals surface area contributed by atoms with E-state index in [2.05, 4.69) is 0 Å². The van der Waals surface area contributed by atoms with Crippen LogP contribution in [0.2, 0.25) is 0 Å². The summed E-state index contributed by atoms with van der Waals surface area (Å²) < 4.78 is 27.1. The largest absolute Gasteiger partial charge is 0.334 e. The minimum Gasteiger partial charge on any atom is -0.334 e. The number of carbonyl (C=O) groups is 1. The molecule has 0 unspecified atom stereocenters. The number of likely N-dealkylation sites (N-methyl/N-ethyl adjacent to an activating group) is 1. The van der Waals surface area contributed by atoms with E-state index in [-0.39, 0.29) is 17.7 Å². The lowest BCUT2D eigenvalue weighted by molar-refractivity contribution is -0.918. The van der Waals surface area contributed by atoms with Gasteiger partial charge < -0.3 is 9.80 Å². The van der Waals surface area contributed by atoms with E-state index in [0.29, 0.717) is 39.3 Å². The molecule has 1 amide bonds. The van der Waals surface area contributed by atoms with Crippen molar-refractivity contribution in [1.82, 2.24) is 9.21 Å². The molecule has 0 spiro atoms. The average molecular weight is 431 g/mol. The summed E-state index contributed by atoms with van der Waals surface area (Å²) in [5, 5.41) is 0. The van der Waals surface area contributed by atoms with Crippen molar-refractivity contribution in [3.8, 4) is 0 Å². The smallest absolute Gasteiger partial charge is 0.280 e. The maximum Gasteiger partial charge on any atom is 0.280 e. The maximum atomic E-state index is 13.1. The number of amides is 1. The fraction of sp³-hybridized carbons (Fsp3) is 0.435. The number of carbonyl (C=O) groups excluding carboxylic acids is 1. The van der Waals surface area contributed by atoms with Gasteiger partial charge in [-0.15, -0.1) is 0 Å². The molecule has 0 bridgehead atoms. The number of sulfonamides is 1. The summed E-state index contributed by atoms with van der Waals surface area (Å²) in [6.07, 6.45) is 0. The molecular formula is C23H32N3O3S+. The molecule has 6 nitrogen and oxygen atoms in total. The Bertz CT molecular complexity index is 911. The van der Waals surface area contributed by atoms with Gasteiger partial charge in [-0.1, -0.05) is 60.7 Å². The summed E-state index contributed by atoms with van der Waals surface area (Å²) in [5.74, 6) is 0.148. The summed E-state index contributed by atoms with van der Waals surface area (Å²) in [7, 11) is -3.34. The van der Waals surface area contributed by atoms with Gasteiger partial charge in [-0.2, -0.15) is 4.31 Å². The van der Waals surface area contributed by atoms with E-state index in [1.54, 1.807) is 4.31 Å². The molecule has 0 radical (unpaired) electrons. The van der Waals surface area contributed by atoms with Crippen LogP contribution < -0.4 is 4.90 Å². The van der Waals surface area contributed by atoms with Crippen LogP contribution in [0.5, 0.6) is 0 Å². The van der Waals surface area contributed by atoms with E-state index >= 15 is 0 Å². The number of benzene rings is 2. The number of rotatable bonds is 8. The predicted octanol–water partition coefficient (Wildman–Crippen LogP) is 1.15. The molecule has 1 saturated heterocycles. The minimum absolute atomic E-state index is 0.0261. The first-order chi connectivity index (χ1) is 14.4. The highest BCUT2D eigenvalue weighted by Gasteiger charge is 2.35. The molecule has 2 aromatic carbocycles. The van der Waals surface area contributed by atoms with Gasteiger partial charge in [0.25, 0.3) is 5.91 Å². The van der Waals surface area contributed by atoms with Gasteiger partial charge >= 0.3 is 0 Å². The monoisotopic (exact) mass is 430 g/mol. The van der Waals surface area contributed by atoms with E-state index in [0.717, 1.165) is 16.0 Å². The first kappa shape index (κ1) is 22.5. The zero-order valence-electron chi connectivity index (χ0n) is 17.8. The first-order valence-corrected chi connectivity index (χ1v) is 12.2. The molecule has 1 N–H and O–H groups in total. The van der Waals surface area contributed by atoms with Crippen molar-refractivity contribution in [2.45, 2.75) is 32.2 Å². The SMILES string of the molecule is CCN(Cc1ccccc1)C(=O)[C@H](C)[NH+]1CCN(S(=O)(=O)Cc2ccccc2)CC1. The van der Waals surface area contributed by atoms with Crippen molar-refractivity contribution in [2.75, 3.05) is 32.7 Å². The summed E-state index contributed by atoms with van der Waals surface area (Å²) in [4.78, 5) is 16.1. The molecule has 0 saturated carbocycles. The second kappa shape index (κ2) is 10.2. The Morgan fingerprint density at radius 2 is 1.53 bits per heavy atom. The fourth-order valence-electron chi connectivity index (χ4n) is 3.96. The third kappa shape index (κ3) is 5.68. The fourth-order valence-corrected chi connectivity index (χ4v) is 5.49. The molecule has 1 aliphatic heterocycles. The van der Waals surface area contributed by atoms with E-state index in [1.807, 2.05) is 79.4 Å². The molecule has 1 fully saturated rings. The molecule has 0 aromatic heterocycles. The molecule has 162 valence electrons. The Hall–Kier alpha value is -2.22. The van der Waals surface area contributed by atoms with Gasteiger partial charge in [0.1, 0.15) is 0 Å². The van der Waals surface area contributed by atoms with Crippen LogP contribution >= 0.6 is 0 Å². The standard InChI is InChI=1S/C23H31N3O3S/c1-3-24(18-21-10-6-4-7-11-21)23(27)20(2)25-14-16-26(17-15-25)30(28,29)19-22-12-8-5-9-13-22/h4-13,20H,3,14-19H2,1-2H3/p+1/t20-/m0/s1. The lowest BCUT2D eigenvalue weighted by atomic mass is 10.1. The number of nitrogens with zero attached hydrogens (tertiary/aromatic N) is 2. The molecule has 7 heteroatoms. The van der Waals surface area contributed by atoms with Gasteiger partial charge in [0.15, 0.2) is 6.04 Å². The zero-order valence-corrected chi connectivity index (χ0v) is 18.6. The zero-order chi connectivity index (χ0) is 21.6. The van der Waals surface area contributed by atoms with E-state index < -0.39 is 10.0 Å². The Morgan fingerprint density at radius 1 is 1.00 bits per heavy atom. The summed E-state index contributed by atoms with van der Waals surface area (Å²) in [6.45, 7) is 7.40. The number of hydrogen-bond donors (Lipinski definition) is 1. The summed E-state index contributed by atoms with van der Waals surface area (Å²) >= 11 is 0. The predicted molar refractivity (Wildman–Crippen MR) is 118 cm³/mol. The third-order valence-corrected chi connectivity index (χ3v) is 7.69. The van der Waals surface area contributed by atoms with Crippen LogP contribution in [0.4, 0.5) is 0 Å². The van der Waals surface area contributed by atoms with Gasteiger partial charge in [-0.25, -0.2) is 8.42 Å². The number of nitrogens with one attached hydrogen (secondary N) is 1. The van der Waals surface area contributed by atoms with Crippen LogP contribution in [0.15, 0.2) is 60.7 Å². The molecular weight excluding hydrogens is 398 g/mol. The summed E-state index contributed by atoms with van der Waals surface area (Å²) in [5.41, 5.74) is 1.92. The molecule has 3 rings (SSSR count).